The third-order valence-electron chi connectivity index (χ3n) is 4.83. The van der Waals surface area contributed by atoms with E-state index >= 15 is 0 Å². The van der Waals surface area contributed by atoms with Gasteiger partial charge >= 0.3 is 12.1 Å². The van der Waals surface area contributed by atoms with E-state index in [0.717, 1.165) is 12.5 Å². The van der Waals surface area contributed by atoms with Crippen LogP contribution in [0.1, 0.15) is 19.4 Å². The summed E-state index contributed by atoms with van der Waals surface area (Å²) in [7, 11) is 0. The lowest BCUT2D eigenvalue weighted by Gasteiger charge is -2.23. The average Bonchev–Trinajstić information content (AvgIpc) is 2.82. The molecule has 0 radical (unpaired) electrons. The van der Waals surface area contributed by atoms with Gasteiger partial charge in [0.15, 0.2) is 11.9 Å². The Bertz CT molecular complexity index is 1020. The standard InChI is InChI=1S/C25H29Cl2F2NO7/c1-3-35-22(23(31)32)14-17-4-7-19(8-5-17)36-13-11-30(10-12-34-16-25(2,28)29)24(33)37-21-9-6-18(26)15-20(21)27/h4-9,15,22H,3,10-14,16H2,1-2H3,(H,31,32). The van der Waals surface area contributed by atoms with Crippen LogP contribution in [0.25, 0.3) is 0 Å². The summed E-state index contributed by atoms with van der Waals surface area (Å²) >= 11 is 11.9. The fourth-order valence-corrected chi connectivity index (χ4v) is 3.51. The first kappa shape index (κ1) is 30.6. The molecular formula is C25H29Cl2F2NO7. The quantitative estimate of drug-likeness (QED) is 0.283. The van der Waals surface area contributed by atoms with Gasteiger partial charge in [-0.2, -0.15) is 0 Å². The van der Waals surface area contributed by atoms with Crippen LogP contribution in [0.15, 0.2) is 42.5 Å². The lowest BCUT2D eigenvalue weighted by Crippen LogP contribution is -2.39. The number of aliphatic carboxylic acids is 1. The second-order valence-electron chi connectivity index (χ2n) is 8.03. The largest absolute Gasteiger partial charge is 0.492 e. The van der Waals surface area contributed by atoms with E-state index in [1.165, 1.54) is 23.1 Å². The van der Waals surface area contributed by atoms with Gasteiger partial charge in [-0.15, -0.1) is 0 Å². The fraction of sp³-hybridized carbons (Fsp3) is 0.440. The molecular weight excluding hydrogens is 535 g/mol. The molecule has 0 saturated heterocycles. The zero-order valence-corrected chi connectivity index (χ0v) is 21.9. The highest BCUT2D eigenvalue weighted by molar-refractivity contribution is 6.35. The first-order chi connectivity index (χ1) is 17.5. The number of benzene rings is 2. The van der Waals surface area contributed by atoms with Gasteiger partial charge in [0.1, 0.15) is 19.0 Å². The molecule has 2 aromatic carbocycles. The van der Waals surface area contributed by atoms with Crippen LogP contribution < -0.4 is 9.47 Å². The summed E-state index contributed by atoms with van der Waals surface area (Å²) in [6.45, 7) is 1.90. The zero-order chi connectivity index (χ0) is 27.4. The highest BCUT2D eigenvalue weighted by Gasteiger charge is 2.23. The van der Waals surface area contributed by atoms with Crippen molar-refractivity contribution in [2.24, 2.45) is 0 Å². The van der Waals surface area contributed by atoms with Crippen LogP contribution in [0, 0.1) is 0 Å². The number of carboxylic acid groups (broad SMARTS) is 1. The Labute approximate surface area is 224 Å². The molecule has 0 aliphatic carbocycles. The summed E-state index contributed by atoms with van der Waals surface area (Å²) < 4.78 is 47.3. The van der Waals surface area contributed by atoms with Crippen molar-refractivity contribution in [2.75, 3.05) is 39.5 Å². The van der Waals surface area contributed by atoms with Crippen LogP contribution in [0.5, 0.6) is 11.5 Å². The molecule has 0 bridgehead atoms. The molecule has 204 valence electrons. The summed E-state index contributed by atoms with van der Waals surface area (Å²) in [5.41, 5.74) is 0.753. The molecule has 0 fully saturated rings. The van der Waals surface area contributed by atoms with Crippen molar-refractivity contribution in [1.82, 2.24) is 4.90 Å². The number of carbonyl (C=O) groups excluding carboxylic acids is 1. The van der Waals surface area contributed by atoms with E-state index in [0.29, 0.717) is 10.8 Å². The second kappa shape index (κ2) is 14.9. The molecule has 8 nitrogen and oxygen atoms in total. The third kappa shape index (κ3) is 11.5. The van der Waals surface area contributed by atoms with Crippen LogP contribution in [0.2, 0.25) is 10.0 Å². The topological polar surface area (TPSA) is 94.5 Å². The Hall–Kier alpha value is -2.66. The van der Waals surface area contributed by atoms with Gasteiger partial charge in [-0.25, -0.2) is 18.4 Å². The Morgan fingerprint density at radius 3 is 2.35 bits per heavy atom. The van der Waals surface area contributed by atoms with Gasteiger partial charge in [0.2, 0.25) is 0 Å². The highest BCUT2D eigenvalue weighted by Crippen LogP contribution is 2.28. The molecule has 0 saturated carbocycles. The number of rotatable bonds is 15. The minimum absolute atomic E-state index is 0.0313. The molecule has 0 aromatic heterocycles. The molecule has 1 unspecified atom stereocenters. The van der Waals surface area contributed by atoms with E-state index in [1.54, 1.807) is 31.2 Å². The molecule has 1 amide bonds. The van der Waals surface area contributed by atoms with Crippen molar-refractivity contribution in [3.63, 3.8) is 0 Å². The minimum Gasteiger partial charge on any atom is -0.492 e. The number of hydrogen-bond acceptors (Lipinski definition) is 6. The molecule has 37 heavy (non-hydrogen) atoms. The van der Waals surface area contributed by atoms with E-state index in [2.05, 4.69) is 0 Å². The SMILES string of the molecule is CCOC(Cc1ccc(OCCN(CCOCC(C)(F)F)C(=O)Oc2ccc(Cl)cc2Cl)cc1)C(=O)O. The molecule has 2 rings (SSSR count). The van der Waals surface area contributed by atoms with Crippen molar-refractivity contribution in [1.29, 1.82) is 0 Å². The smallest absolute Gasteiger partial charge is 0.415 e. The Balaban J connectivity index is 1.96. The van der Waals surface area contributed by atoms with Crippen molar-refractivity contribution in [3.8, 4) is 11.5 Å². The molecule has 0 aliphatic heterocycles. The lowest BCUT2D eigenvalue weighted by molar-refractivity contribution is -0.149. The summed E-state index contributed by atoms with van der Waals surface area (Å²) in [4.78, 5) is 25.2. The van der Waals surface area contributed by atoms with Gasteiger partial charge in [0.25, 0.3) is 5.92 Å². The summed E-state index contributed by atoms with van der Waals surface area (Å²) in [6, 6.07) is 11.1. The highest BCUT2D eigenvalue weighted by atomic mass is 35.5. The number of amides is 1. The van der Waals surface area contributed by atoms with Crippen LogP contribution in [-0.2, 0) is 20.7 Å². The number of carboxylic acids is 1. The van der Waals surface area contributed by atoms with Gasteiger partial charge in [0, 0.05) is 31.5 Å². The van der Waals surface area contributed by atoms with E-state index in [1.807, 2.05) is 0 Å². The fourth-order valence-electron chi connectivity index (χ4n) is 3.07. The van der Waals surface area contributed by atoms with Gasteiger partial charge in [-0.1, -0.05) is 35.3 Å². The lowest BCUT2D eigenvalue weighted by atomic mass is 10.1. The van der Waals surface area contributed by atoms with Crippen LogP contribution in [0.4, 0.5) is 13.6 Å². The van der Waals surface area contributed by atoms with E-state index in [9.17, 15) is 23.5 Å². The summed E-state index contributed by atoms with van der Waals surface area (Å²) in [5, 5.41) is 9.72. The average molecular weight is 564 g/mol. The first-order valence-corrected chi connectivity index (χ1v) is 12.2. The predicted molar refractivity (Wildman–Crippen MR) is 134 cm³/mol. The number of hydrogen-bond donors (Lipinski definition) is 1. The van der Waals surface area contributed by atoms with Crippen LogP contribution in [0.3, 0.4) is 0 Å². The summed E-state index contributed by atoms with van der Waals surface area (Å²) in [6.07, 6.45) is -1.52. The van der Waals surface area contributed by atoms with Gasteiger partial charge < -0.3 is 29.0 Å². The first-order valence-electron chi connectivity index (χ1n) is 11.4. The monoisotopic (exact) mass is 563 g/mol. The van der Waals surface area contributed by atoms with Gasteiger partial charge in [0.05, 0.1) is 18.2 Å². The zero-order valence-electron chi connectivity index (χ0n) is 20.4. The predicted octanol–water partition coefficient (Wildman–Crippen LogP) is 5.58. The number of ether oxygens (including phenoxy) is 4. The Morgan fingerprint density at radius 1 is 1.08 bits per heavy atom. The second-order valence-corrected chi connectivity index (χ2v) is 8.87. The minimum atomic E-state index is -3.00. The number of carbonyl (C=O) groups is 2. The maximum absolute atomic E-state index is 13.0. The molecule has 12 heteroatoms. The van der Waals surface area contributed by atoms with Crippen molar-refractivity contribution >= 4 is 35.3 Å². The Kier molecular flexibility index (Phi) is 12.3. The third-order valence-corrected chi connectivity index (χ3v) is 5.36. The molecule has 0 heterocycles. The molecule has 1 N–H and O–H groups in total. The number of halogens is 4. The molecule has 2 aromatic rings. The van der Waals surface area contributed by atoms with Crippen molar-refractivity contribution in [2.45, 2.75) is 32.3 Å². The number of alkyl halides is 2. The molecule has 0 aliphatic rings. The molecule has 1 atom stereocenters. The Morgan fingerprint density at radius 2 is 1.76 bits per heavy atom. The molecule has 0 spiro atoms. The summed E-state index contributed by atoms with van der Waals surface area (Å²) in [5.74, 6) is -3.46. The van der Waals surface area contributed by atoms with Gasteiger partial charge in [-0.05, 0) is 42.8 Å². The normalized spacial score (nSPS) is 12.2. The maximum Gasteiger partial charge on any atom is 0.415 e. The van der Waals surface area contributed by atoms with Crippen LogP contribution >= 0.6 is 23.2 Å². The van der Waals surface area contributed by atoms with Gasteiger partial charge in [-0.3, -0.25) is 0 Å². The van der Waals surface area contributed by atoms with Crippen molar-refractivity contribution in [3.05, 3.63) is 58.1 Å². The number of nitrogens with zero attached hydrogens (tertiary/aromatic N) is 1. The van der Waals surface area contributed by atoms with E-state index in [-0.39, 0.29) is 50.1 Å². The van der Waals surface area contributed by atoms with Crippen LogP contribution in [-0.4, -0.2) is 73.6 Å². The van der Waals surface area contributed by atoms with E-state index in [4.69, 9.17) is 42.1 Å². The maximum atomic E-state index is 13.0. The van der Waals surface area contributed by atoms with E-state index < -0.39 is 30.7 Å². The van der Waals surface area contributed by atoms with Crippen molar-refractivity contribution < 1.29 is 42.4 Å².